The molecule has 0 aliphatic rings. The van der Waals surface area contributed by atoms with Crippen molar-refractivity contribution in [3.05, 3.63) is 59.1 Å². The monoisotopic (exact) mass is 342 g/mol. The summed E-state index contributed by atoms with van der Waals surface area (Å²) < 4.78 is 10.5. The van der Waals surface area contributed by atoms with Gasteiger partial charge in [-0.15, -0.1) is 0 Å². The number of hydrogen-bond acceptors (Lipinski definition) is 4. The SMILES string of the molecule is COc1cc(/C=C/C(=O)Nc2ccccc2Cl)ccc1OCC#N. The molecule has 0 saturated heterocycles. The van der Waals surface area contributed by atoms with Crippen LogP contribution in [0.3, 0.4) is 0 Å². The largest absolute Gasteiger partial charge is 0.493 e. The van der Waals surface area contributed by atoms with E-state index in [0.29, 0.717) is 22.2 Å². The van der Waals surface area contributed by atoms with Crippen LogP contribution < -0.4 is 14.8 Å². The highest BCUT2D eigenvalue weighted by molar-refractivity contribution is 6.33. The van der Waals surface area contributed by atoms with E-state index < -0.39 is 0 Å². The minimum absolute atomic E-state index is 0.0637. The number of ether oxygens (including phenoxy) is 2. The van der Waals surface area contributed by atoms with Crippen molar-refractivity contribution in [3.8, 4) is 17.6 Å². The van der Waals surface area contributed by atoms with Crippen LogP contribution >= 0.6 is 11.6 Å². The van der Waals surface area contributed by atoms with E-state index in [9.17, 15) is 4.79 Å². The van der Waals surface area contributed by atoms with E-state index in [1.165, 1.54) is 13.2 Å². The summed E-state index contributed by atoms with van der Waals surface area (Å²) in [6, 6.07) is 14.0. The van der Waals surface area contributed by atoms with Crippen LogP contribution in [0.2, 0.25) is 5.02 Å². The van der Waals surface area contributed by atoms with Gasteiger partial charge in [-0.3, -0.25) is 4.79 Å². The van der Waals surface area contributed by atoms with Gasteiger partial charge in [0, 0.05) is 6.08 Å². The molecule has 6 heteroatoms. The summed E-state index contributed by atoms with van der Waals surface area (Å²) in [6.45, 7) is -0.0637. The van der Waals surface area contributed by atoms with Gasteiger partial charge in [-0.2, -0.15) is 5.26 Å². The molecule has 24 heavy (non-hydrogen) atoms. The Hall–Kier alpha value is -2.97. The maximum atomic E-state index is 12.0. The number of halogens is 1. The van der Waals surface area contributed by atoms with Crippen molar-refractivity contribution in [2.24, 2.45) is 0 Å². The first kappa shape index (κ1) is 17.4. The van der Waals surface area contributed by atoms with Crippen molar-refractivity contribution in [2.75, 3.05) is 19.0 Å². The fourth-order valence-corrected chi connectivity index (χ4v) is 2.11. The summed E-state index contributed by atoms with van der Waals surface area (Å²) in [5, 5.41) is 11.7. The van der Waals surface area contributed by atoms with E-state index in [-0.39, 0.29) is 12.5 Å². The van der Waals surface area contributed by atoms with E-state index in [1.54, 1.807) is 48.5 Å². The summed E-state index contributed by atoms with van der Waals surface area (Å²) >= 11 is 5.99. The fraction of sp³-hybridized carbons (Fsp3) is 0.111. The Labute approximate surface area is 145 Å². The molecular formula is C18H15ClN2O3. The maximum Gasteiger partial charge on any atom is 0.248 e. The zero-order chi connectivity index (χ0) is 17.4. The molecule has 0 heterocycles. The van der Waals surface area contributed by atoms with Crippen LogP contribution in [0.5, 0.6) is 11.5 Å². The zero-order valence-corrected chi connectivity index (χ0v) is 13.7. The predicted octanol–water partition coefficient (Wildman–Crippen LogP) is 3.90. The Balaban J connectivity index is 2.07. The highest BCUT2D eigenvalue weighted by Crippen LogP contribution is 2.28. The maximum absolute atomic E-state index is 12.0. The van der Waals surface area contributed by atoms with Gasteiger partial charge in [0.1, 0.15) is 6.07 Å². The minimum atomic E-state index is -0.299. The first-order valence-corrected chi connectivity index (χ1v) is 7.43. The van der Waals surface area contributed by atoms with E-state index >= 15 is 0 Å². The molecule has 1 N–H and O–H groups in total. The van der Waals surface area contributed by atoms with Gasteiger partial charge in [-0.05, 0) is 35.9 Å². The Morgan fingerprint density at radius 1 is 1.29 bits per heavy atom. The van der Waals surface area contributed by atoms with Crippen molar-refractivity contribution < 1.29 is 14.3 Å². The number of nitriles is 1. The number of amides is 1. The second-order valence-corrected chi connectivity index (χ2v) is 5.07. The zero-order valence-electron chi connectivity index (χ0n) is 13.0. The number of anilines is 1. The average Bonchev–Trinajstić information content (AvgIpc) is 2.60. The number of nitrogens with one attached hydrogen (secondary N) is 1. The third kappa shape index (κ3) is 4.77. The Morgan fingerprint density at radius 2 is 2.08 bits per heavy atom. The highest BCUT2D eigenvalue weighted by atomic mass is 35.5. The van der Waals surface area contributed by atoms with Crippen LogP contribution in [0, 0.1) is 11.3 Å². The van der Waals surface area contributed by atoms with Gasteiger partial charge in [0.2, 0.25) is 5.91 Å². The Bertz CT molecular complexity index is 797. The first-order valence-electron chi connectivity index (χ1n) is 7.05. The third-order valence-corrected chi connectivity index (χ3v) is 3.37. The molecule has 0 unspecified atom stereocenters. The molecule has 2 aromatic carbocycles. The van der Waals surface area contributed by atoms with Crippen LogP contribution in [0.15, 0.2) is 48.5 Å². The molecule has 5 nitrogen and oxygen atoms in total. The van der Waals surface area contributed by atoms with Crippen molar-refractivity contribution in [1.82, 2.24) is 0 Å². The number of nitrogens with zero attached hydrogens (tertiary/aromatic N) is 1. The van der Waals surface area contributed by atoms with Crippen LogP contribution in [-0.2, 0) is 4.79 Å². The average molecular weight is 343 g/mol. The first-order chi connectivity index (χ1) is 11.6. The molecule has 0 fully saturated rings. The van der Waals surface area contributed by atoms with Crippen LogP contribution in [0.4, 0.5) is 5.69 Å². The lowest BCUT2D eigenvalue weighted by Crippen LogP contribution is -2.07. The van der Waals surface area contributed by atoms with Crippen LogP contribution in [-0.4, -0.2) is 19.6 Å². The number of rotatable bonds is 6. The summed E-state index contributed by atoms with van der Waals surface area (Å²) in [5.74, 6) is 0.655. The molecule has 122 valence electrons. The van der Waals surface area contributed by atoms with Crippen molar-refractivity contribution in [3.63, 3.8) is 0 Å². The smallest absolute Gasteiger partial charge is 0.248 e. The lowest BCUT2D eigenvalue weighted by molar-refractivity contribution is -0.111. The van der Waals surface area contributed by atoms with Gasteiger partial charge < -0.3 is 14.8 Å². The number of methoxy groups -OCH3 is 1. The molecule has 0 spiro atoms. The summed E-state index contributed by atoms with van der Waals surface area (Å²) in [7, 11) is 1.51. The molecule has 0 atom stereocenters. The van der Waals surface area contributed by atoms with Gasteiger partial charge >= 0.3 is 0 Å². The Morgan fingerprint density at radius 3 is 2.79 bits per heavy atom. The van der Waals surface area contributed by atoms with Crippen molar-refractivity contribution in [1.29, 1.82) is 5.26 Å². The molecule has 0 saturated carbocycles. The van der Waals surface area contributed by atoms with Gasteiger partial charge in [0.05, 0.1) is 17.8 Å². The molecule has 0 aliphatic heterocycles. The van der Waals surface area contributed by atoms with Crippen LogP contribution in [0.25, 0.3) is 6.08 Å². The molecule has 1 amide bonds. The number of carbonyl (C=O) groups excluding carboxylic acids is 1. The van der Waals surface area contributed by atoms with Crippen LogP contribution in [0.1, 0.15) is 5.56 Å². The lowest BCUT2D eigenvalue weighted by Gasteiger charge is -2.08. The summed E-state index contributed by atoms with van der Waals surface area (Å²) in [6.07, 6.45) is 3.04. The fourth-order valence-electron chi connectivity index (χ4n) is 1.93. The van der Waals surface area contributed by atoms with E-state index in [1.807, 2.05) is 6.07 Å². The second-order valence-electron chi connectivity index (χ2n) is 4.66. The standard InChI is InChI=1S/C18H15ClN2O3/c1-23-17-12-13(6-8-16(17)24-11-10-20)7-9-18(22)21-15-5-3-2-4-14(15)19/h2-9,12H,11H2,1H3,(H,21,22)/b9-7+. The second kappa shape index (κ2) is 8.61. The molecule has 0 radical (unpaired) electrons. The third-order valence-electron chi connectivity index (χ3n) is 3.04. The molecule has 0 aromatic heterocycles. The number of hydrogen-bond donors (Lipinski definition) is 1. The van der Waals surface area contributed by atoms with Gasteiger partial charge in [0.25, 0.3) is 0 Å². The normalized spacial score (nSPS) is 10.2. The number of carbonyl (C=O) groups is 1. The molecule has 2 aromatic rings. The molecule has 0 bridgehead atoms. The predicted molar refractivity (Wildman–Crippen MR) is 93.2 cm³/mol. The van der Waals surface area contributed by atoms with Gasteiger partial charge in [-0.1, -0.05) is 29.8 Å². The Kier molecular flexibility index (Phi) is 6.23. The summed E-state index contributed by atoms with van der Waals surface area (Å²) in [5.41, 5.74) is 1.30. The van der Waals surface area contributed by atoms with E-state index in [4.69, 9.17) is 26.3 Å². The van der Waals surface area contributed by atoms with Gasteiger partial charge in [-0.25, -0.2) is 0 Å². The topological polar surface area (TPSA) is 71.3 Å². The van der Waals surface area contributed by atoms with E-state index in [2.05, 4.69) is 5.32 Å². The molecule has 2 rings (SSSR count). The van der Waals surface area contributed by atoms with Gasteiger partial charge in [0.15, 0.2) is 18.1 Å². The van der Waals surface area contributed by atoms with Crippen molar-refractivity contribution in [2.45, 2.75) is 0 Å². The molecule has 0 aliphatic carbocycles. The quantitative estimate of drug-likeness (QED) is 0.808. The van der Waals surface area contributed by atoms with E-state index in [0.717, 1.165) is 5.56 Å². The molecular weight excluding hydrogens is 328 g/mol. The van der Waals surface area contributed by atoms with Crippen molar-refractivity contribution >= 4 is 29.3 Å². The number of para-hydroxylation sites is 1. The summed E-state index contributed by atoms with van der Waals surface area (Å²) in [4.78, 5) is 12.0. The minimum Gasteiger partial charge on any atom is -0.493 e. The highest BCUT2D eigenvalue weighted by Gasteiger charge is 2.05. The lowest BCUT2D eigenvalue weighted by atomic mass is 10.2. The number of benzene rings is 2.